The fourth-order valence-corrected chi connectivity index (χ4v) is 3.58. The van der Waals surface area contributed by atoms with Gasteiger partial charge in [0.1, 0.15) is 5.25 Å². The van der Waals surface area contributed by atoms with Gasteiger partial charge in [-0.25, -0.2) is 0 Å². The summed E-state index contributed by atoms with van der Waals surface area (Å²) >= 11 is 1.72. The van der Waals surface area contributed by atoms with Gasteiger partial charge < -0.3 is 11.1 Å². The Labute approximate surface area is 137 Å². The van der Waals surface area contributed by atoms with E-state index in [1.54, 1.807) is 11.8 Å². The number of benzene rings is 1. The van der Waals surface area contributed by atoms with Gasteiger partial charge in [0.05, 0.1) is 5.54 Å². The molecule has 0 aromatic heterocycles. The number of hydrogen-bond acceptors (Lipinski definition) is 3. The summed E-state index contributed by atoms with van der Waals surface area (Å²) < 4.78 is 0. The second kappa shape index (κ2) is 7.52. The number of thioether (sulfide) groups is 1. The van der Waals surface area contributed by atoms with E-state index in [1.165, 1.54) is 5.56 Å². The van der Waals surface area contributed by atoms with E-state index in [0.717, 1.165) is 17.7 Å². The second-order valence-electron chi connectivity index (χ2n) is 5.97. The number of amides is 1. The number of rotatable bonds is 4. The van der Waals surface area contributed by atoms with Crippen molar-refractivity contribution in [2.24, 2.45) is 11.7 Å². The minimum Gasteiger partial charge on any atom is -0.348 e. The molecule has 21 heavy (non-hydrogen) atoms. The molecule has 2 unspecified atom stereocenters. The molecule has 0 aliphatic carbocycles. The predicted octanol–water partition coefficient (Wildman–Crippen LogP) is 2.93. The van der Waals surface area contributed by atoms with Crippen molar-refractivity contribution in [2.75, 3.05) is 12.3 Å². The van der Waals surface area contributed by atoms with E-state index >= 15 is 0 Å². The van der Waals surface area contributed by atoms with Crippen LogP contribution in [-0.4, -0.2) is 23.7 Å². The maximum absolute atomic E-state index is 12.7. The Kier molecular flexibility index (Phi) is 6.57. The Morgan fingerprint density at radius 3 is 2.76 bits per heavy atom. The number of nitrogens with two attached hydrogens (primary N) is 1. The molecule has 1 aromatic carbocycles. The van der Waals surface area contributed by atoms with Crippen molar-refractivity contribution in [2.45, 2.75) is 38.0 Å². The van der Waals surface area contributed by atoms with Crippen molar-refractivity contribution in [1.82, 2.24) is 5.32 Å². The molecule has 0 saturated heterocycles. The molecule has 2 rings (SSSR count). The van der Waals surface area contributed by atoms with Crippen molar-refractivity contribution in [3.05, 3.63) is 35.4 Å². The molecule has 1 aromatic rings. The molecule has 3 N–H and O–H groups in total. The normalized spacial score (nSPS) is 20.1. The molecule has 2 atom stereocenters. The van der Waals surface area contributed by atoms with Gasteiger partial charge in [-0.05, 0) is 36.1 Å². The lowest BCUT2D eigenvalue weighted by Gasteiger charge is -2.36. The van der Waals surface area contributed by atoms with E-state index in [-0.39, 0.29) is 29.1 Å². The number of aryl methyl sites for hydroxylation is 1. The highest BCUT2D eigenvalue weighted by Gasteiger charge is 2.33. The van der Waals surface area contributed by atoms with E-state index < -0.39 is 0 Å². The van der Waals surface area contributed by atoms with Gasteiger partial charge in [-0.1, -0.05) is 38.1 Å². The highest BCUT2D eigenvalue weighted by molar-refractivity contribution is 8.00. The summed E-state index contributed by atoms with van der Waals surface area (Å²) in [6.07, 6.45) is 1.04. The van der Waals surface area contributed by atoms with Gasteiger partial charge in [0.25, 0.3) is 0 Å². The summed E-state index contributed by atoms with van der Waals surface area (Å²) in [5, 5.41) is 3.06. The summed E-state index contributed by atoms with van der Waals surface area (Å²) in [5.74, 6) is 1.39. The second-order valence-corrected chi connectivity index (χ2v) is 7.18. The molecular formula is C16H25ClN2OS. The molecular weight excluding hydrogens is 304 g/mol. The topological polar surface area (TPSA) is 55.1 Å². The molecule has 1 aliphatic rings. The van der Waals surface area contributed by atoms with Gasteiger partial charge in [-0.15, -0.1) is 24.2 Å². The van der Waals surface area contributed by atoms with E-state index in [0.29, 0.717) is 12.5 Å². The summed E-state index contributed by atoms with van der Waals surface area (Å²) in [5.41, 5.74) is 7.97. The lowest BCUT2D eigenvalue weighted by Crippen LogP contribution is -2.56. The minimum absolute atomic E-state index is 0. The Morgan fingerprint density at radius 2 is 2.14 bits per heavy atom. The molecule has 1 aliphatic heterocycles. The van der Waals surface area contributed by atoms with Gasteiger partial charge in [-0.3, -0.25) is 4.79 Å². The number of halogens is 1. The Hall–Kier alpha value is -0.710. The molecule has 118 valence electrons. The first-order chi connectivity index (χ1) is 9.48. The van der Waals surface area contributed by atoms with Gasteiger partial charge >= 0.3 is 0 Å². The van der Waals surface area contributed by atoms with Crippen molar-refractivity contribution in [3.63, 3.8) is 0 Å². The quantitative estimate of drug-likeness (QED) is 0.893. The first-order valence-corrected chi connectivity index (χ1v) is 8.24. The third-order valence-electron chi connectivity index (χ3n) is 4.34. The molecule has 0 radical (unpaired) electrons. The van der Waals surface area contributed by atoms with Gasteiger partial charge in [0.2, 0.25) is 5.91 Å². The SMILES string of the molecule is CC(C)C(C)(CN)NC(=O)C1SCCc2ccccc21.Cl. The van der Waals surface area contributed by atoms with Crippen molar-refractivity contribution in [1.29, 1.82) is 0 Å². The smallest absolute Gasteiger partial charge is 0.238 e. The predicted molar refractivity (Wildman–Crippen MR) is 93.0 cm³/mol. The molecule has 0 fully saturated rings. The third kappa shape index (κ3) is 3.93. The van der Waals surface area contributed by atoms with Crippen LogP contribution in [0.2, 0.25) is 0 Å². The van der Waals surface area contributed by atoms with E-state index in [9.17, 15) is 4.79 Å². The van der Waals surface area contributed by atoms with Gasteiger partial charge in [-0.2, -0.15) is 0 Å². The van der Waals surface area contributed by atoms with Crippen molar-refractivity contribution < 1.29 is 4.79 Å². The molecule has 3 nitrogen and oxygen atoms in total. The maximum atomic E-state index is 12.7. The first-order valence-electron chi connectivity index (χ1n) is 7.19. The van der Waals surface area contributed by atoms with Crippen LogP contribution in [0.5, 0.6) is 0 Å². The lowest BCUT2D eigenvalue weighted by atomic mass is 9.88. The van der Waals surface area contributed by atoms with Crippen molar-refractivity contribution in [3.8, 4) is 0 Å². The Balaban J connectivity index is 0.00000220. The number of carbonyl (C=O) groups excluding carboxylic acids is 1. The maximum Gasteiger partial charge on any atom is 0.238 e. The molecule has 1 amide bonds. The summed E-state index contributed by atoms with van der Waals surface area (Å²) in [6, 6.07) is 8.25. The zero-order chi connectivity index (χ0) is 14.8. The highest BCUT2D eigenvalue weighted by Crippen LogP contribution is 2.37. The average Bonchev–Trinajstić information content (AvgIpc) is 2.46. The van der Waals surface area contributed by atoms with Gasteiger partial charge in [0.15, 0.2) is 0 Å². The monoisotopic (exact) mass is 328 g/mol. The number of fused-ring (bicyclic) bond motifs is 1. The zero-order valence-corrected chi connectivity index (χ0v) is 14.5. The van der Waals surface area contributed by atoms with Crippen LogP contribution in [0.3, 0.4) is 0 Å². The average molecular weight is 329 g/mol. The van der Waals surface area contributed by atoms with Crippen LogP contribution in [0.4, 0.5) is 0 Å². The highest BCUT2D eigenvalue weighted by atomic mass is 35.5. The molecule has 0 saturated carbocycles. The van der Waals surface area contributed by atoms with Crippen LogP contribution >= 0.6 is 24.2 Å². The van der Waals surface area contributed by atoms with E-state index in [2.05, 4.69) is 31.3 Å². The summed E-state index contributed by atoms with van der Waals surface area (Å²) in [4.78, 5) is 12.7. The van der Waals surface area contributed by atoms with Crippen LogP contribution in [0.1, 0.15) is 37.1 Å². The number of nitrogens with one attached hydrogen (secondary N) is 1. The van der Waals surface area contributed by atoms with Crippen molar-refractivity contribution >= 4 is 30.1 Å². The first kappa shape index (κ1) is 18.3. The van der Waals surface area contributed by atoms with Crippen LogP contribution in [0.15, 0.2) is 24.3 Å². The lowest BCUT2D eigenvalue weighted by molar-refractivity contribution is -0.122. The number of hydrogen-bond donors (Lipinski definition) is 2. The summed E-state index contributed by atoms with van der Waals surface area (Å²) in [7, 11) is 0. The standard InChI is InChI=1S/C16H24N2OS.ClH/c1-11(2)16(3,10-17)18-15(19)14-13-7-5-4-6-12(13)8-9-20-14;/h4-7,11,14H,8-10,17H2,1-3H3,(H,18,19);1H. The van der Waals surface area contributed by atoms with Crippen LogP contribution in [0, 0.1) is 5.92 Å². The van der Waals surface area contributed by atoms with E-state index in [1.807, 2.05) is 19.1 Å². The van der Waals surface area contributed by atoms with E-state index in [4.69, 9.17) is 5.73 Å². The fourth-order valence-electron chi connectivity index (χ4n) is 2.39. The van der Waals surface area contributed by atoms with Gasteiger partial charge in [0, 0.05) is 6.54 Å². The molecule has 1 heterocycles. The van der Waals surface area contributed by atoms with Crippen LogP contribution in [-0.2, 0) is 11.2 Å². The fraction of sp³-hybridized carbons (Fsp3) is 0.562. The third-order valence-corrected chi connectivity index (χ3v) is 5.58. The Bertz CT molecular complexity index is 495. The molecule has 0 bridgehead atoms. The molecule has 5 heteroatoms. The largest absolute Gasteiger partial charge is 0.348 e. The minimum atomic E-state index is -0.343. The van der Waals surface area contributed by atoms with Crippen LogP contribution < -0.4 is 11.1 Å². The Morgan fingerprint density at radius 1 is 1.48 bits per heavy atom. The zero-order valence-electron chi connectivity index (χ0n) is 12.9. The number of carbonyl (C=O) groups is 1. The molecule has 0 spiro atoms. The van der Waals surface area contributed by atoms with Crippen LogP contribution in [0.25, 0.3) is 0 Å². The summed E-state index contributed by atoms with van der Waals surface area (Å²) in [6.45, 7) is 6.66.